The van der Waals surface area contributed by atoms with E-state index in [2.05, 4.69) is 15.6 Å². The summed E-state index contributed by atoms with van der Waals surface area (Å²) in [5.74, 6) is -0.290. The van der Waals surface area contributed by atoms with Gasteiger partial charge in [-0.05, 0) is 24.1 Å². The standard InChI is InChI=1S/C17H18ClN3O2/c1-12-9-14(11-20-17(12)18)21-15(22)7-8-19-16(23)10-13-5-3-2-4-6-13/h2-6,9,11H,7-8,10H2,1H3,(H,19,23)(H,21,22). The van der Waals surface area contributed by atoms with Crippen molar-refractivity contribution in [3.05, 3.63) is 58.9 Å². The average molecular weight is 332 g/mol. The second kappa shape index (κ2) is 8.29. The van der Waals surface area contributed by atoms with Crippen molar-refractivity contribution in [2.75, 3.05) is 11.9 Å². The number of rotatable bonds is 6. The molecule has 2 amide bonds. The molecule has 2 aromatic rings. The summed E-state index contributed by atoms with van der Waals surface area (Å²) in [5, 5.41) is 5.87. The first kappa shape index (κ1) is 17.0. The van der Waals surface area contributed by atoms with Gasteiger partial charge in [-0.25, -0.2) is 4.98 Å². The summed E-state index contributed by atoms with van der Waals surface area (Å²) in [7, 11) is 0. The van der Waals surface area contributed by atoms with Crippen LogP contribution >= 0.6 is 11.6 Å². The van der Waals surface area contributed by atoms with Gasteiger partial charge in [-0.1, -0.05) is 41.9 Å². The zero-order chi connectivity index (χ0) is 16.7. The van der Waals surface area contributed by atoms with Crippen molar-refractivity contribution < 1.29 is 9.59 Å². The number of pyridine rings is 1. The van der Waals surface area contributed by atoms with E-state index < -0.39 is 0 Å². The molecule has 1 heterocycles. The maximum absolute atomic E-state index is 11.8. The number of nitrogens with one attached hydrogen (secondary N) is 2. The molecule has 0 spiro atoms. The molecule has 0 fully saturated rings. The minimum atomic E-state index is -0.187. The topological polar surface area (TPSA) is 71.1 Å². The Hall–Kier alpha value is -2.40. The first-order valence-electron chi connectivity index (χ1n) is 7.27. The number of carbonyl (C=O) groups is 2. The van der Waals surface area contributed by atoms with Crippen molar-refractivity contribution in [2.24, 2.45) is 0 Å². The number of nitrogens with zero attached hydrogens (tertiary/aromatic N) is 1. The van der Waals surface area contributed by atoms with Gasteiger partial charge in [0.15, 0.2) is 0 Å². The number of benzene rings is 1. The van der Waals surface area contributed by atoms with Crippen LogP contribution in [-0.4, -0.2) is 23.3 Å². The van der Waals surface area contributed by atoms with Gasteiger partial charge in [0.25, 0.3) is 0 Å². The summed E-state index contributed by atoms with van der Waals surface area (Å²) in [6.07, 6.45) is 2.01. The summed E-state index contributed by atoms with van der Waals surface area (Å²) in [6.45, 7) is 2.10. The van der Waals surface area contributed by atoms with Crippen molar-refractivity contribution in [2.45, 2.75) is 19.8 Å². The Bertz CT molecular complexity index is 689. The molecule has 0 saturated heterocycles. The average Bonchev–Trinajstić information content (AvgIpc) is 2.52. The number of halogens is 1. The highest BCUT2D eigenvalue weighted by Crippen LogP contribution is 2.16. The molecule has 0 aliphatic carbocycles. The van der Waals surface area contributed by atoms with Crippen LogP contribution in [0.2, 0.25) is 5.15 Å². The fraction of sp³-hybridized carbons (Fsp3) is 0.235. The lowest BCUT2D eigenvalue weighted by Gasteiger charge is -2.07. The first-order chi connectivity index (χ1) is 11.0. The number of hydrogen-bond acceptors (Lipinski definition) is 3. The highest BCUT2D eigenvalue weighted by molar-refractivity contribution is 6.30. The largest absolute Gasteiger partial charge is 0.355 e. The lowest BCUT2D eigenvalue weighted by atomic mass is 10.1. The van der Waals surface area contributed by atoms with E-state index >= 15 is 0 Å². The van der Waals surface area contributed by atoms with Gasteiger partial charge in [0, 0.05) is 13.0 Å². The molecule has 2 N–H and O–H groups in total. The highest BCUT2D eigenvalue weighted by Gasteiger charge is 2.07. The lowest BCUT2D eigenvalue weighted by molar-refractivity contribution is -0.120. The van der Waals surface area contributed by atoms with Crippen molar-refractivity contribution in [1.29, 1.82) is 0 Å². The van der Waals surface area contributed by atoms with Crippen molar-refractivity contribution in [3.63, 3.8) is 0 Å². The van der Waals surface area contributed by atoms with Gasteiger partial charge in [0.1, 0.15) is 5.15 Å². The fourth-order valence-corrected chi connectivity index (χ4v) is 2.11. The predicted molar refractivity (Wildman–Crippen MR) is 90.4 cm³/mol. The Labute approximate surface area is 140 Å². The molecule has 6 heteroatoms. The van der Waals surface area contributed by atoms with Crippen LogP contribution in [0.1, 0.15) is 17.5 Å². The second-order valence-corrected chi connectivity index (χ2v) is 5.50. The molecule has 0 bridgehead atoms. The number of aryl methyl sites for hydroxylation is 1. The third-order valence-corrected chi connectivity index (χ3v) is 3.58. The lowest BCUT2D eigenvalue weighted by Crippen LogP contribution is -2.28. The molecule has 2 rings (SSSR count). The van der Waals surface area contributed by atoms with E-state index in [1.165, 1.54) is 6.20 Å². The first-order valence-corrected chi connectivity index (χ1v) is 7.65. The van der Waals surface area contributed by atoms with Gasteiger partial charge >= 0.3 is 0 Å². The maximum Gasteiger partial charge on any atom is 0.226 e. The van der Waals surface area contributed by atoms with Crippen LogP contribution in [0.3, 0.4) is 0 Å². The molecule has 120 valence electrons. The van der Waals surface area contributed by atoms with Crippen LogP contribution in [0.25, 0.3) is 0 Å². The minimum Gasteiger partial charge on any atom is -0.355 e. The van der Waals surface area contributed by atoms with Gasteiger partial charge < -0.3 is 10.6 Å². The highest BCUT2D eigenvalue weighted by atomic mass is 35.5. The van der Waals surface area contributed by atoms with Crippen LogP contribution in [0.4, 0.5) is 5.69 Å². The summed E-state index contributed by atoms with van der Waals surface area (Å²) < 4.78 is 0. The van der Waals surface area contributed by atoms with E-state index in [0.29, 0.717) is 17.3 Å². The van der Waals surface area contributed by atoms with Gasteiger partial charge in [-0.2, -0.15) is 0 Å². The van der Waals surface area contributed by atoms with E-state index in [4.69, 9.17) is 11.6 Å². The van der Waals surface area contributed by atoms with Gasteiger partial charge in [0.2, 0.25) is 11.8 Å². The zero-order valence-electron chi connectivity index (χ0n) is 12.8. The number of amides is 2. The second-order valence-electron chi connectivity index (χ2n) is 5.14. The summed E-state index contributed by atoms with van der Waals surface area (Å²) in [6, 6.07) is 11.2. The third-order valence-electron chi connectivity index (χ3n) is 3.18. The Balaban J connectivity index is 1.72. The molecule has 1 aromatic carbocycles. The predicted octanol–water partition coefficient (Wildman–Crippen LogP) is 2.73. The van der Waals surface area contributed by atoms with E-state index in [1.54, 1.807) is 6.07 Å². The van der Waals surface area contributed by atoms with Crippen molar-refractivity contribution in [3.8, 4) is 0 Å². The minimum absolute atomic E-state index is 0.104. The van der Waals surface area contributed by atoms with Crippen LogP contribution in [0, 0.1) is 6.92 Å². The van der Waals surface area contributed by atoms with E-state index in [-0.39, 0.29) is 24.8 Å². The Kier molecular flexibility index (Phi) is 6.11. The number of hydrogen-bond donors (Lipinski definition) is 2. The molecule has 0 unspecified atom stereocenters. The van der Waals surface area contributed by atoms with Gasteiger partial charge in [-0.3, -0.25) is 9.59 Å². The SMILES string of the molecule is Cc1cc(NC(=O)CCNC(=O)Cc2ccccc2)cnc1Cl. The smallest absolute Gasteiger partial charge is 0.226 e. The maximum atomic E-state index is 11.8. The fourth-order valence-electron chi connectivity index (χ4n) is 2.01. The Morgan fingerprint density at radius 1 is 1.17 bits per heavy atom. The Morgan fingerprint density at radius 2 is 1.91 bits per heavy atom. The summed E-state index contributed by atoms with van der Waals surface area (Å²) in [5.41, 5.74) is 2.32. The summed E-state index contributed by atoms with van der Waals surface area (Å²) in [4.78, 5) is 27.6. The molecular weight excluding hydrogens is 314 g/mol. The normalized spacial score (nSPS) is 10.2. The third kappa shape index (κ3) is 5.71. The quantitative estimate of drug-likeness (QED) is 0.799. The number of anilines is 1. The monoisotopic (exact) mass is 331 g/mol. The number of carbonyl (C=O) groups excluding carboxylic acids is 2. The van der Waals surface area contributed by atoms with Crippen LogP contribution in [0.5, 0.6) is 0 Å². The zero-order valence-corrected chi connectivity index (χ0v) is 13.6. The van der Waals surface area contributed by atoms with Gasteiger partial charge in [0.05, 0.1) is 18.3 Å². The van der Waals surface area contributed by atoms with Crippen molar-refractivity contribution in [1.82, 2.24) is 10.3 Å². The molecule has 0 atom stereocenters. The molecule has 0 radical (unpaired) electrons. The molecule has 0 saturated carbocycles. The van der Waals surface area contributed by atoms with E-state index in [1.807, 2.05) is 37.3 Å². The van der Waals surface area contributed by atoms with E-state index in [9.17, 15) is 9.59 Å². The molecular formula is C17H18ClN3O2. The Morgan fingerprint density at radius 3 is 2.61 bits per heavy atom. The van der Waals surface area contributed by atoms with E-state index in [0.717, 1.165) is 11.1 Å². The van der Waals surface area contributed by atoms with Crippen molar-refractivity contribution >= 4 is 29.1 Å². The van der Waals surface area contributed by atoms with Crippen LogP contribution in [-0.2, 0) is 16.0 Å². The molecule has 1 aromatic heterocycles. The molecule has 0 aliphatic rings. The van der Waals surface area contributed by atoms with Gasteiger partial charge in [-0.15, -0.1) is 0 Å². The molecule has 5 nitrogen and oxygen atoms in total. The molecule has 0 aliphatic heterocycles. The van der Waals surface area contributed by atoms with Crippen LogP contribution in [0.15, 0.2) is 42.6 Å². The molecule has 23 heavy (non-hydrogen) atoms. The van der Waals surface area contributed by atoms with Crippen LogP contribution < -0.4 is 10.6 Å². The number of aromatic nitrogens is 1. The summed E-state index contributed by atoms with van der Waals surface area (Å²) >= 11 is 5.83.